The second-order valence-electron chi connectivity index (χ2n) is 6.89. The van der Waals surface area contributed by atoms with Gasteiger partial charge in [-0.2, -0.15) is 12.7 Å². The van der Waals surface area contributed by atoms with Crippen LogP contribution in [-0.4, -0.2) is 25.6 Å². The van der Waals surface area contributed by atoms with Gasteiger partial charge in [-0.15, -0.1) is 0 Å². The van der Waals surface area contributed by atoms with Crippen LogP contribution in [0.2, 0.25) is 0 Å². The van der Waals surface area contributed by atoms with E-state index in [2.05, 4.69) is 4.72 Å². The standard InChI is InChI=1S/C23H24N2O4S/c1-18(26)21-13-14-23(29-17-20-11-7-4-8-12-20)22(15-21)24-30(27,28)25(2)16-19-9-5-3-6-10-19/h3-15,24H,16-17H2,1-2H3. The van der Waals surface area contributed by atoms with Crippen LogP contribution < -0.4 is 9.46 Å². The van der Waals surface area contributed by atoms with Gasteiger partial charge in [0, 0.05) is 19.2 Å². The van der Waals surface area contributed by atoms with Gasteiger partial charge in [0.2, 0.25) is 0 Å². The topological polar surface area (TPSA) is 75.7 Å². The lowest BCUT2D eigenvalue weighted by Crippen LogP contribution is -2.32. The minimum absolute atomic E-state index is 0.164. The molecule has 3 rings (SSSR count). The first kappa shape index (κ1) is 21.5. The number of ketones is 1. The van der Waals surface area contributed by atoms with E-state index >= 15 is 0 Å². The van der Waals surface area contributed by atoms with Crippen molar-refractivity contribution in [2.24, 2.45) is 0 Å². The Morgan fingerprint density at radius 3 is 2.13 bits per heavy atom. The molecular weight excluding hydrogens is 400 g/mol. The van der Waals surface area contributed by atoms with E-state index in [4.69, 9.17) is 4.74 Å². The highest BCUT2D eigenvalue weighted by Crippen LogP contribution is 2.28. The van der Waals surface area contributed by atoms with Crippen molar-refractivity contribution in [1.82, 2.24) is 4.31 Å². The second kappa shape index (κ2) is 9.56. The summed E-state index contributed by atoms with van der Waals surface area (Å²) >= 11 is 0. The summed E-state index contributed by atoms with van der Waals surface area (Å²) < 4.78 is 35.4. The lowest BCUT2D eigenvalue weighted by molar-refractivity contribution is 0.101. The van der Waals surface area contributed by atoms with Crippen LogP contribution in [0.15, 0.2) is 78.9 Å². The average Bonchev–Trinajstić information content (AvgIpc) is 2.74. The van der Waals surface area contributed by atoms with Crippen molar-refractivity contribution >= 4 is 21.7 Å². The van der Waals surface area contributed by atoms with Crippen LogP contribution in [0.25, 0.3) is 0 Å². The molecule has 0 saturated carbocycles. The Morgan fingerprint density at radius 2 is 1.53 bits per heavy atom. The number of nitrogens with one attached hydrogen (secondary N) is 1. The fourth-order valence-corrected chi connectivity index (χ4v) is 3.74. The smallest absolute Gasteiger partial charge is 0.301 e. The molecule has 7 heteroatoms. The number of hydrogen-bond donors (Lipinski definition) is 1. The van der Waals surface area contributed by atoms with Gasteiger partial charge in [0.15, 0.2) is 5.78 Å². The Labute approximate surface area is 177 Å². The van der Waals surface area contributed by atoms with E-state index in [1.54, 1.807) is 12.1 Å². The number of Topliss-reactive ketones (excluding diaryl/α,β-unsaturated/α-hetero) is 1. The summed E-state index contributed by atoms with van der Waals surface area (Å²) in [7, 11) is -2.37. The van der Waals surface area contributed by atoms with Gasteiger partial charge in [-0.1, -0.05) is 60.7 Å². The fourth-order valence-electron chi connectivity index (χ4n) is 2.83. The second-order valence-corrected chi connectivity index (χ2v) is 8.67. The number of hydrogen-bond acceptors (Lipinski definition) is 4. The Bertz CT molecular complexity index is 1100. The summed E-state index contributed by atoms with van der Waals surface area (Å²) in [5, 5.41) is 0. The number of carbonyl (C=O) groups excluding carboxylic acids is 1. The maximum absolute atomic E-state index is 12.9. The quantitative estimate of drug-likeness (QED) is 0.521. The Morgan fingerprint density at radius 1 is 0.933 bits per heavy atom. The van der Waals surface area contributed by atoms with Gasteiger partial charge in [0.05, 0.1) is 5.69 Å². The van der Waals surface area contributed by atoms with Crippen LogP contribution in [0.3, 0.4) is 0 Å². The molecule has 156 valence electrons. The lowest BCUT2D eigenvalue weighted by atomic mass is 10.1. The van der Waals surface area contributed by atoms with E-state index in [0.29, 0.717) is 11.3 Å². The van der Waals surface area contributed by atoms with Gasteiger partial charge in [0.25, 0.3) is 0 Å². The molecule has 0 heterocycles. The molecule has 0 bridgehead atoms. The zero-order chi connectivity index (χ0) is 21.6. The number of nitrogens with zero attached hydrogens (tertiary/aromatic N) is 1. The molecule has 1 N–H and O–H groups in total. The molecule has 0 radical (unpaired) electrons. The Balaban J connectivity index is 1.82. The van der Waals surface area contributed by atoms with E-state index in [1.807, 2.05) is 60.7 Å². The lowest BCUT2D eigenvalue weighted by Gasteiger charge is -2.20. The highest BCUT2D eigenvalue weighted by molar-refractivity contribution is 7.90. The zero-order valence-electron chi connectivity index (χ0n) is 16.9. The molecule has 0 amide bonds. The minimum atomic E-state index is -3.87. The first-order valence-corrected chi connectivity index (χ1v) is 10.9. The molecule has 0 spiro atoms. The number of ether oxygens (including phenoxy) is 1. The van der Waals surface area contributed by atoms with E-state index in [9.17, 15) is 13.2 Å². The third kappa shape index (κ3) is 5.68. The predicted molar refractivity (Wildman–Crippen MR) is 118 cm³/mol. The summed E-state index contributed by atoms with van der Waals surface area (Å²) in [5.74, 6) is 0.184. The van der Waals surface area contributed by atoms with Gasteiger partial charge < -0.3 is 4.74 Å². The molecule has 30 heavy (non-hydrogen) atoms. The molecule has 0 aliphatic rings. The van der Waals surface area contributed by atoms with E-state index in [-0.39, 0.29) is 24.6 Å². The maximum Gasteiger partial charge on any atom is 0.301 e. The summed E-state index contributed by atoms with van der Waals surface area (Å²) in [6.45, 7) is 1.91. The SMILES string of the molecule is CC(=O)c1ccc(OCc2ccccc2)c(NS(=O)(=O)N(C)Cc2ccccc2)c1. The van der Waals surface area contributed by atoms with E-state index in [1.165, 1.54) is 24.3 Å². The maximum atomic E-state index is 12.9. The Hall–Kier alpha value is -3.16. The van der Waals surface area contributed by atoms with Crippen LogP contribution in [0, 0.1) is 0 Å². The molecule has 3 aromatic carbocycles. The van der Waals surface area contributed by atoms with Crippen molar-refractivity contribution in [3.05, 3.63) is 95.6 Å². The zero-order valence-corrected chi connectivity index (χ0v) is 17.7. The molecule has 0 aliphatic carbocycles. The number of carbonyl (C=O) groups is 1. The molecular formula is C23H24N2O4S. The predicted octanol–water partition coefficient (Wildman–Crippen LogP) is 4.26. The normalized spacial score (nSPS) is 11.3. The van der Waals surface area contributed by atoms with Crippen LogP contribution in [0.4, 0.5) is 5.69 Å². The highest BCUT2D eigenvalue weighted by Gasteiger charge is 2.21. The largest absolute Gasteiger partial charge is 0.487 e. The molecule has 0 fully saturated rings. The highest BCUT2D eigenvalue weighted by atomic mass is 32.2. The monoisotopic (exact) mass is 424 g/mol. The molecule has 0 unspecified atom stereocenters. The van der Waals surface area contributed by atoms with Crippen LogP contribution in [0.5, 0.6) is 5.75 Å². The van der Waals surface area contributed by atoms with Crippen molar-refractivity contribution < 1.29 is 17.9 Å². The summed E-state index contributed by atoms with van der Waals surface area (Å²) in [6, 6.07) is 23.6. The van der Waals surface area contributed by atoms with Crippen LogP contribution >= 0.6 is 0 Å². The molecule has 3 aromatic rings. The first-order valence-electron chi connectivity index (χ1n) is 9.45. The summed E-state index contributed by atoms with van der Waals surface area (Å²) in [4.78, 5) is 11.8. The molecule has 0 aliphatic heterocycles. The first-order chi connectivity index (χ1) is 14.3. The number of anilines is 1. The fraction of sp³-hybridized carbons (Fsp3) is 0.174. The van der Waals surface area contributed by atoms with Crippen molar-refractivity contribution in [2.45, 2.75) is 20.1 Å². The van der Waals surface area contributed by atoms with Gasteiger partial charge in [0.1, 0.15) is 12.4 Å². The number of benzene rings is 3. The Kier molecular flexibility index (Phi) is 6.87. The van der Waals surface area contributed by atoms with E-state index < -0.39 is 10.2 Å². The van der Waals surface area contributed by atoms with Crippen molar-refractivity contribution in [3.8, 4) is 5.75 Å². The molecule has 0 atom stereocenters. The third-order valence-electron chi connectivity index (χ3n) is 4.52. The van der Waals surface area contributed by atoms with Crippen molar-refractivity contribution in [1.29, 1.82) is 0 Å². The van der Waals surface area contributed by atoms with Gasteiger partial charge in [-0.05, 0) is 36.2 Å². The van der Waals surface area contributed by atoms with Crippen LogP contribution in [-0.2, 0) is 23.4 Å². The van der Waals surface area contributed by atoms with Gasteiger partial charge >= 0.3 is 10.2 Å². The minimum Gasteiger partial charge on any atom is -0.487 e. The van der Waals surface area contributed by atoms with Gasteiger partial charge in [-0.25, -0.2) is 0 Å². The van der Waals surface area contributed by atoms with Gasteiger partial charge in [-0.3, -0.25) is 9.52 Å². The molecule has 6 nitrogen and oxygen atoms in total. The van der Waals surface area contributed by atoms with E-state index in [0.717, 1.165) is 11.1 Å². The van der Waals surface area contributed by atoms with Crippen molar-refractivity contribution in [2.75, 3.05) is 11.8 Å². The molecule has 0 saturated heterocycles. The van der Waals surface area contributed by atoms with Crippen molar-refractivity contribution in [3.63, 3.8) is 0 Å². The molecule has 0 aromatic heterocycles. The number of rotatable bonds is 9. The van der Waals surface area contributed by atoms with Crippen LogP contribution in [0.1, 0.15) is 28.4 Å². The summed E-state index contributed by atoms with van der Waals surface area (Å²) in [6.07, 6.45) is 0. The average molecular weight is 425 g/mol. The third-order valence-corrected chi connectivity index (χ3v) is 5.95. The summed E-state index contributed by atoms with van der Waals surface area (Å²) in [5.41, 5.74) is 2.43.